The maximum atomic E-state index is 12.8. The van der Waals surface area contributed by atoms with E-state index in [0.717, 1.165) is 18.5 Å². The Morgan fingerprint density at radius 2 is 1.73 bits per heavy atom. The first kappa shape index (κ1) is 37.1. The van der Waals surface area contributed by atoms with Crippen molar-refractivity contribution in [3.8, 4) is 0 Å². The van der Waals surface area contributed by atoms with Crippen LogP contribution in [-0.4, -0.2) is 41.7 Å². The van der Waals surface area contributed by atoms with Crippen LogP contribution in [0.25, 0.3) is 10.9 Å². The number of carbonyl (C=O) groups excluding carboxylic acids is 1. The first-order chi connectivity index (χ1) is 15.9. The number of para-hydroxylation sites is 1. The Bertz CT molecular complexity index is 1290. The molecule has 3 aromatic rings. The summed E-state index contributed by atoms with van der Waals surface area (Å²) in [5.41, 5.74) is 3.16. The molecular formula is C27H33N3O4Y3-2. The second kappa shape index (κ2) is 17.0. The Labute approximate surface area is 294 Å². The van der Waals surface area contributed by atoms with E-state index in [9.17, 15) is 14.4 Å². The molecule has 0 spiro atoms. The second-order valence-corrected chi connectivity index (χ2v) is 8.77. The number of hydrogen-bond donors (Lipinski definition) is 0. The van der Waals surface area contributed by atoms with E-state index in [2.05, 4.69) is 41.9 Å². The molecule has 1 aliphatic heterocycles. The molecule has 0 saturated carbocycles. The monoisotopic (exact) mass is 730 g/mol. The first-order valence-corrected chi connectivity index (χ1v) is 11.5. The van der Waals surface area contributed by atoms with Crippen molar-refractivity contribution < 1.29 is 108 Å². The zero-order valence-electron chi connectivity index (χ0n) is 22.1. The number of nitrogens with zero attached hydrogens (tertiary/aromatic N) is 3. The summed E-state index contributed by atoms with van der Waals surface area (Å²) in [6.45, 7) is 8.36. The van der Waals surface area contributed by atoms with Gasteiger partial charge in [0.2, 0.25) is 0 Å². The van der Waals surface area contributed by atoms with Crippen LogP contribution < -0.4 is 16.2 Å². The molecule has 37 heavy (non-hydrogen) atoms. The van der Waals surface area contributed by atoms with Crippen LogP contribution in [0, 0.1) is 27.2 Å². The molecule has 0 bridgehead atoms. The minimum absolute atomic E-state index is 0. The third kappa shape index (κ3) is 8.80. The molecule has 1 aliphatic rings. The third-order valence-corrected chi connectivity index (χ3v) is 6.71. The number of hydrogen-bond acceptors (Lipinski definition) is 5. The zero-order valence-corrected chi connectivity index (χ0v) is 30.7. The van der Waals surface area contributed by atoms with Gasteiger partial charge in [0.1, 0.15) is 0 Å². The zero-order chi connectivity index (χ0) is 23.5. The summed E-state index contributed by atoms with van der Waals surface area (Å²) < 4.78 is 6.60. The number of benzene rings is 2. The summed E-state index contributed by atoms with van der Waals surface area (Å²) in [6, 6.07) is 13.3. The Kier molecular flexibility index (Phi) is 17.1. The maximum absolute atomic E-state index is 12.8. The Morgan fingerprint density at radius 3 is 2.41 bits per heavy atom. The van der Waals surface area contributed by atoms with E-state index in [1.807, 2.05) is 6.92 Å². The van der Waals surface area contributed by atoms with E-state index >= 15 is 0 Å². The topological polar surface area (TPSA) is 82.7 Å². The predicted octanol–water partition coefficient (Wildman–Crippen LogP) is 3.05. The van der Waals surface area contributed by atoms with E-state index < -0.39 is 5.69 Å². The number of piperidine rings is 1. The normalized spacial score (nSPS) is 16.9. The van der Waals surface area contributed by atoms with Gasteiger partial charge in [-0.25, -0.2) is 0 Å². The van der Waals surface area contributed by atoms with E-state index in [1.54, 1.807) is 24.3 Å². The van der Waals surface area contributed by atoms with Crippen molar-refractivity contribution >= 4 is 16.9 Å². The van der Waals surface area contributed by atoms with E-state index in [-0.39, 0.29) is 135 Å². The van der Waals surface area contributed by atoms with Gasteiger partial charge < -0.3 is 26.6 Å². The first-order valence-electron chi connectivity index (χ1n) is 11.5. The van der Waals surface area contributed by atoms with Gasteiger partial charge in [-0.3, -0.25) is 14.4 Å². The Balaban J connectivity index is 0.00000324. The van der Waals surface area contributed by atoms with Crippen molar-refractivity contribution in [2.45, 2.75) is 39.7 Å². The molecule has 2 heterocycles. The molecule has 0 unspecified atom stereocenters. The van der Waals surface area contributed by atoms with Gasteiger partial charge in [0, 0.05) is 110 Å². The average Bonchev–Trinajstić information content (AvgIpc) is 2.81. The molecule has 0 amide bonds. The second-order valence-electron chi connectivity index (χ2n) is 8.77. The molecule has 1 saturated heterocycles. The van der Waals surface area contributed by atoms with Crippen molar-refractivity contribution in [1.82, 2.24) is 14.5 Å². The molecule has 7 nitrogen and oxygen atoms in total. The fourth-order valence-electron chi connectivity index (χ4n) is 4.69. The van der Waals surface area contributed by atoms with Gasteiger partial charge in [-0.2, -0.15) is 0 Å². The quantitative estimate of drug-likeness (QED) is 0.287. The van der Waals surface area contributed by atoms with E-state index in [4.69, 9.17) is 4.74 Å². The molecule has 1 aromatic heterocycles. The van der Waals surface area contributed by atoms with Crippen molar-refractivity contribution in [3.05, 3.63) is 87.4 Å². The number of likely N-dealkylation sites (tertiary alicyclic amines) is 1. The van der Waals surface area contributed by atoms with E-state index in [0.29, 0.717) is 30.6 Å². The van der Waals surface area contributed by atoms with Gasteiger partial charge in [-0.1, -0.05) is 42.5 Å². The molecule has 0 N–H and O–H groups in total. The SMILES string of the molecule is CCOC(=O)[C@H]1CN(CCn2c(=O)[n-]c3ccccc3c2=O)CC[C@H]1c1ccc(C)c(C)c1.[CH3-].[Y].[Y].[Y]. The summed E-state index contributed by atoms with van der Waals surface area (Å²) in [5, 5.41) is 0.440. The summed E-state index contributed by atoms with van der Waals surface area (Å²) in [7, 11) is 0. The van der Waals surface area contributed by atoms with Crippen LogP contribution in [0.5, 0.6) is 0 Å². The summed E-state index contributed by atoms with van der Waals surface area (Å²) >= 11 is 0. The molecule has 1 fully saturated rings. The van der Waals surface area contributed by atoms with Crippen molar-refractivity contribution in [1.29, 1.82) is 0 Å². The third-order valence-electron chi connectivity index (χ3n) is 6.71. The van der Waals surface area contributed by atoms with Crippen LogP contribution in [0.4, 0.5) is 0 Å². The number of carbonyl (C=O) groups is 1. The number of rotatable bonds is 6. The molecule has 10 heteroatoms. The van der Waals surface area contributed by atoms with Crippen LogP contribution in [0.1, 0.15) is 36.0 Å². The van der Waals surface area contributed by atoms with Crippen LogP contribution >= 0.6 is 0 Å². The number of esters is 1. The van der Waals surface area contributed by atoms with Gasteiger partial charge >= 0.3 is 5.97 Å². The van der Waals surface area contributed by atoms with Crippen LogP contribution in [0.2, 0.25) is 0 Å². The minimum atomic E-state index is -0.536. The predicted molar refractivity (Wildman–Crippen MR) is 134 cm³/mol. The fraction of sp³-hybridized carbons (Fsp3) is 0.407. The molecule has 2 aromatic carbocycles. The van der Waals surface area contributed by atoms with Gasteiger partial charge in [0.05, 0.1) is 12.5 Å². The van der Waals surface area contributed by atoms with Crippen molar-refractivity contribution in [2.75, 3.05) is 26.2 Å². The summed E-state index contributed by atoms with van der Waals surface area (Å²) in [4.78, 5) is 44.3. The van der Waals surface area contributed by atoms with Crippen molar-refractivity contribution in [2.24, 2.45) is 5.92 Å². The van der Waals surface area contributed by atoms with Crippen LogP contribution in [-0.2, 0) is 114 Å². The molecule has 2 atom stereocenters. The molecule has 3 radical (unpaired) electrons. The van der Waals surface area contributed by atoms with E-state index in [1.165, 1.54) is 15.7 Å². The number of aromatic nitrogens is 2. The molecule has 191 valence electrons. The molecule has 0 aliphatic carbocycles. The molecule has 4 rings (SSSR count). The van der Waals surface area contributed by atoms with Gasteiger partial charge in [-0.15, -0.1) is 0 Å². The Morgan fingerprint density at radius 1 is 1.03 bits per heavy atom. The van der Waals surface area contributed by atoms with Crippen LogP contribution in [0.15, 0.2) is 52.1 Å². The number of fused-ring (bicyclic) bond motifs is 1. The maximum Gasteiger partial charge on any atom is 0.310 e. The average molecular weight is 730 g/mol. The summed E-state index contributed by atoms with van der Waals surface area (Å²) in [6.07, 6.45) is 0.807. The molecular weight excluding hydrogens is 697 g/mol. The van der Waals surface area contributed by atoms with Gasteiger partial charge in [0.25, 0.3) is 0 Å². The standard InChI is InChI=1S/C26H31N3O4.CH3.3Y/c1-4-33-25(31)22-16-28(12-11-20(22)19-10-9-17(2)18(3)15-19)13-14-29-24(30)21-7-5-6-8-23(21)27-26(29)32;;;;/h5-10,15,20,22H,4,11-14,16H2,1-3H3,(H,27,30,32);1H3;;;/q;-1;;;/p-1/t20-,22-;;;;/m0..../s1. The van der Waals surface area contributed by atoms with Crippen LogP contribution in [0.3, 0.4) is 0 Å². The Hall–Kier alpha value is 0.122. The smallest absolute Gasteiger partial charge is 0.310 e. The fourth-order valence-corrected chi connectivity index (χ4v) is 4.69. The van der Waals surface area contributed by atoms with Gasteiger partial charge in [-0.05, 0) is 75.0 Å². The minimum Gasteiger partial charge on any atom is -0.466 e. The van der Waals surface area contributed by atoms with Gasteiger partial charge in [0.15, 0.2) is 11.2 Å². The summed E-state index contributed by atoms with van der Waals surface area (Å²) in [5.74, 6) is -0.404. The van der Waals surface area contributed by atoms with Crippen molar-refractivity contribution in [3.63, 3.8) is 0 Å². The largest absolute Gasteiger partial charge is 0.466 e. The number of aryl methyl sites for hydroxylation is 2. The number of ether oxygens (including phenoxy) is 1.